The minimum atomic E-state index is -0.493. The molecule has 2 aromatic rings. The minimum Gasteiger partial charge on any atom is -0.494 e. The molecule has 3 nitrogen and oxygen atoms in total. The Morgan fingerprint density at radius 2 is 1.86 bits per heavy atom. The summed E-state index contributed by atoms with van der Waals surface area (Å²) in [6, 6.07) is 8.76. The summed E-state index contributed by atoms with van der Waals surface area (Å²) in [5, 5.41) is 5.95. The zero-order valence-electron chi connectivity index (χ0n) is 11.5. The van der Waals surface area contributed by atoms with E-state index >= 15 is 0 Å². The molecular formula is C15H14F2N2OS. The quantitative estimate of drug-likeness (QED) is 0.837. The number of thiocarbonyl (C=S) groups is 1. The van der Waals surface area contributed by atoms with Crippen molar-refractivity contribution in [3.63, 3.8) is 0 Å². The van der Waals surface area contributed by atoms with Gasteiger partial charge in [0, 0.05) is 17.4 Å². The predicted octanol–water partition coefficient (Wildman–Crippen LogP) is 4.09. The summed E-state index contributed by atoms with van der Waals surface area (Å²) in [7, 11) is 1.39. The lowest BCUT2D eigenvalue weighted by molar-refractivity contribution is 0.387. The lowest BCUT2D eigenvalue weighted by Gasteiger charge is -2.13. The standard InChI is InChI=1S/C15H14F2N2OS/c1-9-3-4-10(16)7-13(9)19-15(21)18-11-5-6-14(20-2)12(17)8-11/h3-8H,1-2H3,(H2,18,19,21). The van der Waals surface area contributed by atoms with Crippen LogP contribution in [0, 0.1) is 18.6 Å². The van der Waals surface area contributed by atoms with E-state index in [0.29, 0.717) is 11.4 Å². The Balaban J connectivity index is 2.08. The molecule has 0 atom stereocenters. The molecule has 0 fully saturated rings. The first-order valence-electron chi connectivity index (χ1n) is 6.17. The summed E-state index contributed by atoms with van der Waals surface area (Å²) in [6.07, 6.45) is 0. The molecule has 0 radical (unpaired) electrons. The number of nitrogens with one attached hydrogen (secondary N) is 2. The van der Waals surface area contributed by atoms with Gasteiger partial charge in [-0.15, -0.1) is 0 Å². The van der Waals surface area contributed by atoms with Crippen LogP contribution in [0.25, 0.3) is 0 Å². The molecule has 0 aromatic heterocycles. The van der Waals surface area contributed by atoms with Crippen molar-refractivity contribution < 1.29 is 13.5 Å². The van der Waals surface area contributed by atoms with Crippen molar-refractivity contribution in [2.75, 3.05) is 17.7 Å². The molecule has 6 heteroatoms. The van der Waals surface area contributed by atoms with E-state index in [0.717, 1.165) is 5.56 Å². The number of rotatable bonds is 3. The van der Waals surface area contributed by atoms with Gasteiger partial charge in [-0.3, -0.25) is 0 Å². The van der Waals surface area contributed by atoms with Crippen LogP contribution in [0.5, 0.6) is 5.75 Å². The zero-order chi connectivity index (χ0) is 15.4. The SMILES string of the molecule is COc1ccc(NC(=S)Nc2cc(F)ccc2C)cc1F. The second kappa shape index (κ2) is 6.49. The second-order valence-corrected chi connectivity index (χ2v) is 4.80. The van der Waals surface area contributed by atoms with Crippen molar-refractivity contribution in [2.24, 2.45) is 0 Å². The van der Waals surface area contributed by atoms with Crippen LogP contribution in [-0.4, -0.2) is 12.2 Å². The van der Waals surface area contributed by atoms with Crippen molar-refractivity contribution in [1.29, 1.82) is 0 Å². The van der Waals surface area contributed by atoms with Crippen LogP contribution >= 0.6 is 12.2 Å². The van der Waals surface area contributed by atoms with Crippen LogP contribution in [0.1, 0.15) is 5.56 Å². The van der Waals surface area contributed by atoms with Gasteiger partial charge in [-0.2, -0.15) is 0 Å². The van der Waals surface area contributed by atoms with E-state index in [1.165, 1.54) is 31.4 Å². The Morgan fingerprint density at radius 3 is 2.52 bits per heavy atom. The Morgan fingerprint density at radius 1 is 1.10 bits per heavy atom. The highest BCUT2D eigenvalue weighted by Gasteiger charge is 2.06. The number of methoxy groups -OCH3 is 1. The molecule has 0 unspecified atom stereocenters. The monoisotopic (exact) mass is 308 g/mol. The first-order chi connectivity index (χ1) is 9.99. The van der Waals surface area contributed by atoms with Crippen molar-refractivity contribution in [3.8, 4) is 5.75 Å². The second-order valence-electron chi connectivity index (χ2n) is 4.39. The number of halogens is 2. The van der Waals surface area contributed by atoms with Crippen LogP contribution < -0.4 is 15.4 Å². The van der Waals surface area contributed by atoms with Crippen LogP contribution in [0.2, 0.25) is 0 Å². The summed E-state index contributed by atoms with van der Waals surface area (Å²) in [5.74, 6) is -0.700. The molecule has 21 heavy (non-hydrogen) atoms. The van der Waals surface area contributed by atoms with Crippen molar-refractivity contribution in [1.82, 2.24) is 0 Å². The van der Waals surface area contributed by atoms with Crippen molar-refractivity contribution in [3.05, 3.63) is 53.6 Å². The van der Waals surface area contributed by atoms with Gasteiger partial charge in [-0.1, -0.05) is 6.07 Å². The van der Waals surface area contributed by atoms with Gasteiger partial charge < -0.3 is 15.4 Å². The lowest BCUT2D eigenvalue weighted by Crippen LogP contribution is -2.19. The molecule has 0 spiro atoms. The number of benzene rings is 2. The molecule has 0 saturated heterocycles. The zero-order valence-corrected chi connectivity index (χ0v) is 12.4. The fraction of sp³-hybridized carbons (Fsp3) is 0.133. The van der Waals surface area contributed by atoms with Crippen molar-refractivity contribution >= 4 is 28.7 Å². The molecule has 0 heterocycles. The third kappa shape index (κ3) is 3.88. The highest BCUT2D eigenvalue weighted by atomic mass is 32.1. The molecule has 0 aliphatic carbocycles. The highest BCUT2D eigenvalue weighted by Crippen LogP contribution is 2.21. The number of hydrogen-bond acceptors (Lipinski definition) is 2. The van der Waals surface area contributed by atoms with E-state index < -0.39 is 5.82 Å². The normalized spacial score (nSPS) is 10.1. The highest BCUT2D eigenvalue weighted by molar-refractivity contribution is 7.80. The van der Waals surface area contributed by atoms with Crippen molar-refractivity contribution in [2.45, 2.75) is 6.92 Å². The van der Waals surface area contributed by atoms with E-state index in [1.54, 1.807) is 12.1 Å². The first kappa shape index (κ1) is 15.2. The smallest absolute Gasteiger partial charge is 0.175 e. The van der Waals surface area contributed by atoms with Gasteiger partial charge >= 0.3 is 0 Å². The molecule has 0 bridgehead atoms. The third-order valence-corrected chi connectivity index (χ3v) is 3.06. The van der Waals surface area contributed by atoms with Crippen LogP contribution in [-0.2, 0) is 0 Å². The average Bonchev–Trinajstić information content (AvgIpc) is 2.43. The van der Waals surface area contributed by atoms with Gasteiger partial charge in [0.15, 0.2) is 16.7 Å². The van der Waals surface area contributed by atoms with E-state index in [-0.39, 0.29) is 16.7 Å². The fourth-order valence-corrected chi connectivity index (χ4v) is 1.99. The molecule has 2 rings (SSSR count). The number of hydrogen-bond donors (Lipinski definition) is 2. The third-order valence-electron chi connectivity index (χ3n) is 2.86. The van der Waals surface area contributed by atoms with Gasteiger partial charge in [-0.05, 0) is 49.0 Å². The summed E-state index contributed by atoms with van der Waals surface area (Å²) in [5.41, 5.74) is 1.88. The van der Waals surface area contributed by atoms with Gasteiger partial charge in [0.1, 0.15) is 5.82 Å². The van der Waals surface area contributed by atoms with Crippen LogP contribution in [0.15, 0.2) is 36.4 Å². The largest absolute Gasteiger partial charge is 0.494 e. The molecule has 0 amide bonds. The van der Waals surface area contributed by atoms with Gasteiger partial charge in [0.2, 0.25) is 0 Å². The number of aryl methyl sites for hydroxylation is 1. The van der Waals surface area contributed by atoms with E-state index in [1.807, 2.05) is 6.92 Å². The molecule has 2 aromatic carbocycles. The van der Waals surface area contributed by atoms with E-state index in [4.69, 9.17) is 17.0 Å². The fourth-order valence-electron chi connectivity index (χ4n) is 1.76. The lowest BCUT2D eigenvalue weighted by atomic mass is 10.2. The van der Waals surface area contributed by atoms with Crippen LogP contribution in [0.3, 0.4) is 0 Å². The van der Waals surface area contributed by atoms with Gasteiger partial charge in [0.25, 0.3) is 0 Å². The number of ether oxygens (including phenoxy) is 1. The summed E-state index contributed by atoms with van der Waals surface area (Å²) in [4.78, 5) is 0. The Labute approximate surface area is 126 Å². The average molecular weight is 308 g/mol. The van der Waals surface area contributed by atoms with Gasteiger partial charge in [-0.25, -0.2) is 8.78 Å². The summed E-state index contributed by atoms with van der Waals surface area (Å²) >= 11 is 5.13. The Bertz CT molecular complexity index is 677. The Kier molecular flexibility index (Phi) is 4.70. The maximum Gasteiger partial charge on any atom is 0.175 e. The topological polar surface area (TPSA) is 33.3 Å². The molecule has 0 aliphatic rings. The molecule has 110 valence electrons. The minimum absolute atomic E-state index is 0.153. The molecular weight excluding hydrogens is 294 g/mol. The molecule has 0 aliphatic heterocycles. The maximum absolute atomic E-state index is 13.6. The van der Waals surface area contributed by atoms with Crippen LogP contribution in [0.4, 0.5) is 20.2 Å². The summed E-state index contributed by atoms with van der Waals surface area (Å²) < 4.78 is 31.6. The summed E-state index contributed by atoms with van der Waals surface area (Å²) in [6.45, 7) is 1.83. The Hall–Kier alpha value is -2.21. The molecule has 2 N–H and O–H groups in total. The molecule has 0 saturated carbocycles. The predicted molar refractivity (Wildman–Crippen MR) is 83.9 cm³/mol. The van der Waals surface area contributed by atoms with E-state index in [2.05, 4.69) is 10.6 Å². The maximum atomic E-state index is 13.6. The first-order valence-corrected chi connectivity index (χ1v) is 6.58. The number of anilines is 2. The van der Waals surface area contributed by atoms with E-state index in [9.17, 15) is 8.78 Å². The van der Waals surface area contributed by atoms with Gasteiger partial charge in [0.05, 0.1) is 7.11 Å².